The first kappa shape index (κ1) is 15.8. The summed E-state index contributed by atoms with van der Waals surface area (Å²) in [7, 11) is 2.02. The Bertz CT molecular complexity index is 329. The van der Waals surface area contributed by atoms with Gasteiger partial charge in [0.1, 0.15) is 0 Å². The predicted octanol–water partition coefficient (Wildman–Crippen LogP) is 0.881. The lowest BCUT2D eigenvalue weighted by atomic mass is 9.82. The van der Waals surface area contributed by atoms with Gasteiger partial charge in [-0.1, -0.05) is 13.8 Å². The molecule has 110 valence electrons. The molecule has 1 fully saturated rings. The number of nitrogens with zero attached hydrogens (tertiary/aromatic N) is 1. The Morgan fingerprint density at radius 1 is 1.37 bits per heavy atom. The summed E-state index contributed by atoms with van der Waals surface area (Å²) >= 11 is 0. The maximum atomic E-state index is 11.8. The largest absolute Gasteiger partial charge is 0.481 e. The Kier molecular flexibility index (Phi) is 5.60. The van der Waals surface area contributed by atoms with Crippen molar-refractivity contribution < 1.29 is 14.7 Å². The van der Waals surface area contributed by atoms with Crippen molar-refractivity contribution in [3.63, 3.8) is 0 Å². The first-order valence-corrected chi connectivity index (χ1v) is 6.90. The summed E-state index contributed by atoms with van der Waals surface area (Å²) in [6.07, 6.45) is 1.95. The van der Waals surface area contributed by atoms with Gasteiger partial charge in [-0.3, -0.25) is 4.79 Å². The smallest absolute Gasteiger partial charge is 0.315 e. The van der Waals surface area contributed by atoms with Gasteiger partial charge in [0, 0.05) is 19.1 Å². The number of carboxylic acid groups (broad SMARTS) is 1. The third-order valence-corrected chi connectivity index (χ3v) is 4.12. The zero-order valence-corrected chi connectivity index (χ0v) is 12.0. The molecular formula is C13H25N3O3. The van der Waals surface area contributed by atoms with E-state index in [2.05, 4.69) is 15.5 Å². The van der Waals surface area contributed by atoms with Crippen molar-refractivity contribution in [3.05, 3.63) is 0 Å². The molecule has 0 bridgehead atoms. The molecule has 6 nitrogen and oxygen atoms in total. The van der Waals surface area contributed by atoms with E-state index in [9.17, 15) is 14.7 Å². The average Bonchev–Trinajstić information content (AvgIpc) is 2.76. The third kappa shape index (κ3) is 4.09. The van der Waals surface area contributed by atoms with E-state index in [1.807, 2.05) is 20.9 Å². The van der Waals surface area contributed by atoms with Gasteiger partial charge in [-0.15, -0.1) is 0 Å². The second kappa shape index (κ2) is 6.75. The van der Waals surface area contributed by atoms with E-state index < -0.39 is 11.4 Å². The minimum absolute atomic E-state index is 0.160. The lowest BCUT2D eigenvalue weighted by molar-refractivity contribution is -0.149. The molecular weight excluding hydrogens is 246 g/mol. The highest BCUT2D eigenvalue weighted by Crippen LogP contribution is 2.25. The van der Waals surface area contributed by atoms with Crippen LogP contribution in [0.15, 0.2) is 0 Å². The number of urea groups is 1. The highest BCUT2D eigenvalue weighted by Gasteiger charge is 2.35. The number of likely N-dealkylation sites (tertiary alicyclic amines) is 1. The van der Waals surface area contributed by atoms with Crippen molar-refractivity contribution in [2.45, 2.75) is 39.2 Å². The van der Waals surface area contributed by atoms with E-state index in [1.165, 1.54) is 0 Å². The van der Waals surface area contributed by atoms with Crippen LogP contribution in [-0.2, 0) is 4.79 Å². The molecule has 19 heavy (non-hydrogen) atoms. The first-order chi connectivity index (χ1) is 8.93. The number of nitrogens with one attached hydrogen (secondary N) is 2. The Balaban J connectivity index is 2.42. The van der Waals surface area contributed by atoms with Crippen molar-refractivity contribution in [2.75, 3.05) is 26.7 Å². The first-order valence-electron chi connectivity index (χ1n) is 6.90. The summed E-state index contributed by atoms with van der Waals surface area (Å²) in [5.74, 6) is -0.849. The van der Waals surface area contributed by atoms with Crippen LogP contribution in [-0.4, -0.2) is 54.7 Å². The minimum Gasteiger partial charge on any atom is -0.481 e. The van der Waals surface area contributed by atoms with Crippen LogP contribution in [0.3, 0.4) is 0 Å². The fourth-order valence-electron chi connectivity index (χ4n) is 2.42. The maximum absolute atomic E-state index is 11.8. The molecule has 0 aromatic heterocycles. The lowest BCUT2D eigenvalue weighted by Crippen LogP contribution is -2.48. The normalized spacial score (nSPS) is 20.3. The number of hydrogen-bond acceptors (Lipinski definition) is 3. The van der Waals surface area contributed by atoms with Gasteiger partial charge in [-0.05, 0) is 32.9 Å². The molecule has 0 saturated carbocycles. The van der Waals surface area contributed by atoms with Crippen molar-refractivity contribution >= 4 is 12.0 Å². The molecule has 2 amide bonds. The Labute approximate surface area is 114 Å². The van der Waals surface area contributed by atoms with Gasteiger partial charge in [-0.2, -0.15) is 0 Å². The molecule has 3 N–H and O–H groups in total. The number of carbonyl (C=O) groups excluding carboxylic acids is 1. The van der Waals surface area contributed by atoms with Crippen LogP contribution >= 0.6 is 0 Å². The SMILES string of the molecule is CCC(CC)(CNC(=O)NC1CCN(C)C1)C(=O)O. The van der Waals surface area contributed by atoms with Crippen LogP contribution in [0, 0.1) is 5.41 Å². The standard InChI is InChI=1S/C13H25N3O3/c1-4-13(5-2,11(17)18)9-14-12(19)15-10-6-7-16(3)8-10/h10H,4-9H2,1-3H3,(H,17,18)(H2,14,15,19). The number of rotatable bonds is 6. The van der Waals surface area contributed by atoms with E-state index in [0.717, 1.165) is 19.5 Å². The van der Waals surface area contributed by atoms with Crippen LogP contribution in [0.4, 0.5) is 4.79 Å². The molecule has 1 heterocycles. The molecule has 0 radical (unpaired) electrons. The topological polar surface area (TPSA) is 81.7 Å². The summed E-state index contributed by atoms with van der Waals surface area (Å²) in [6.45, 7) is 5.67. The summed E-state index contributed by atoms with van der Waals surface area (Å²) in [6, 6.07) is -0.111. The number of carbonyl (C=O) groups is 2. The van der Waals surface area contributed by atoms with Crippen molar-refractivity contribution in [1.82, 2.24) is 15.5 Å². The van der Waals surface area contributed by atoms with Crippen molar-refractivity contribution in [3.8, 4) is 0 Å². The fourth-order valence-corrected chi connectivity index (χ4v) is 2.42. The van der Waals surface area contributed by atoms with Gasteiger partial charge >= 0.3 is 12.0 Å². The number of hydrogen-bond donors (Lipinski definition) is 3. The van der Waals surface area contributed by atoms with E-state index >= 15 is 0 Å². The predicted molar refractivity (Wildman–Crippen MR) is 73.1 cm³/mol. The van der Waals surface area contributed by atoms with Crippen LogP contribution in [0.5, 0.6) is 0 Å². The molecule has 1 atom stereocenters. The molecule has 6 heteroatoms. The molecule has 0 spiro atoms. The molecule has 0 aromatic carbocycles. The number of carboxylic acids is 1. The van der Waals surface area contributed by atoms with Crippen molar-refractivity contribution in [1.29, 1.82) is 0 Å². The maximum Gasteiger partial charge on any atom is 0.315 e. The average molecular weight is 271 g/mol. The minimum atomic E-state index is -0.857. The van der Waals surface area contributed by atoms with Gasteiger partial charge in [0.15, 0.2) is 0 Å². The Hall–Kier alpha value is -1.30. The monoisotopic (exact) mass is 271 g/mol. The summed E-state index contributed by atoms with van der Waals surface area (Å²) < 4.78 is 0. The van der Waals surface area contributed by atoms with Crippen LogP contribution in [0.2, 0.25) is 0 Å². The summed E-state index contributed by atoms with van der Waals surface area (Å²) in [5.41, 5.74) is -0.857. The second-order valence-corrected chi connectivity index (χ2v) is 5.37. The Morgan fingerprint density at radius 3 is 2.42 bits per heavy atom. The highest BCUT2D eigenvalue weighted by molar-refractivity contribution is 5.78. The van der Waals surface area contributed by atoms with E-state index in [-0.39, 0.29) is 18.6 Å². The molecule has 1 aliphatic rings. The van der Waals surface area contributed by atoms with Gasteiger partial charge in [-0.25, -0.2) is 4.79 Å². The van der Waals surface area contributed by atoms with Gasteiger partial charge in [0.2, 0.25) is 0 Å². The molecule has 1 unspecified atom stereocenters. The molecule has 1 saturated heterocycles. The van der Waals surface area contributed by atoms with E-state index in [0.29, 0.717) is 12.8 Å². The summed E-state index contributed by atoms with van der Waals surface area (Å²) in [4.78, 5) is 25.2. The lowest BCUT2D eigenvalue weighted by Gasteiger charge is -2.27. The molecule has 0 aromatic rings. The zero-order chi connectivity index (χ0) is 14.5. The number of likely N-dealkylation sites (N-methyl/N-ethyl adjacent to an activating group) is 1. The van der Waals surface area contributed by atoms with Gasteiger partial charge < -0.3 is 20.6 Å². The molecule has 0 aliphatic carbocycles. The molecule has 1 aliphatic heterocycles. The Morgan fingerprint density at radius 2 is 2.00 bits per heavy atom. The quantitative estimate of drug-likeness (QED) is 0.670. The van der Waals surface area contributed by atoms with E-state index in [1.54, 1.807) is 0 Å². The zero-order valence-electron chi connectivity index (χ0n) is 12.0. The summed E-state index contributed by atoms with van der Waals surface area (Å²) in [5, 5.41) is 14.9. The van der Waals surface area contributed by atoms with Gasteiger partial charge in [0.05, 0.1) is 5.41 Å². The van der Waals surface area contributed by atoms with Crippen LogP contribution < -0.4 is 10.6 Å². The third-order valence-electron chi connectivity index (χ3n) is 4.12. The number of amides is 2. The highest BCUT2D eigenvalue weighted by atomic mass is 16.4. The fraction of sp³-hybridized carbons (Fsp3) is 0.846. The number of aliphatic carboxylic acids is 1. The van der Waals surface area contributed by atoms with Crippen molar-refractivity contribution in [2.24, 2.45) is 5.41 Å². The van der Waals surface area contributed by atoms with Crippen LogP contribution in [0.25, 0.3) is 0 Å². The van der Waals surface area contributed by atoms with Crippen LogP contribution in [0.1, 0.15) is 33.1 Å². The van der Waals surface area contributed by atoms with Gasteiger partial charge in [0.25, 0.3) is 0 Å². The molecule has 1 rings (SSSR count). The van der Waals surface area contributed by atoms with E-state index in [4.69, 9.17) is 0 Å². The second-order valence-electron chi connectivity index (χ2n) is 5.37.